The van der Waals surface area contributed by atoms with Gasteiger partial charge in [-0.3, -0.25) is 0 Å². The summed E-state index contributed by atoms with van der Waals surface area (Å²) in [6.07, 6.45) is 3.97. The Kier molecular flexibility index (Phi) is 3.54. The zero-order chi connectivity index (χ0) is 10.7. The van der Waals surface area contributed by atoms with Crippen molar-refractivity contribution >= 4 is 11.6 Å². The molecule has 0 fully saturated rings. The fraction of sp³-hybridized carbons (Fsp3) is 0.636. The number of aryl methyl sites for hydroxylation is 1. The highest BCUT2D eigenvalue weighted by Gasteiger charge is 2.17. The average molecular weight is 227 g/mol. The number of ether oxygens (including phenoxy) is 1. The van der Waals surface area contributed by atoms with E-state index in [2.05, 4.69) is 9.97 Å². The first-order chi connectivity index (χ1) is 7.31. The molecule has 0 radical (unpaired) electrons. The van der Waals surface area contributed by atoms with Crippen LogP contribution in [0.2, 0.25) is 5.15 Å². The standard InChI is InChI=1S/C11H15ClN2O/c1-2-15-7-6-10-13-9-5-3-4-8(9)11(12)14-10/h2-7H2,1H3. The Morgan fingerprint density at radius 1 is 1.33 bits per heavy atom. The van der Waals surface area contributed by atoms with Crippen LogP contribution in [-0.2, 0) is 24.0 Å². The normalized spacial score (nSPS) is 14.3. The second-order valence-corrected chi connectivity index (χ2v) is 4.01. The van der Waals surface area contributed by atoms with Crippen molar-refractivity contribution in [3.8, 4) is 0 Å². The summed E-state index contributed by atoms with van der Waals surface area (Å²) in [5, 5.41) is 0.643. The van der Waals surface area contributed by atoms with Crippen molar-refractivity contribution in [3.05, 3.63) is 22.2 Å². The Morgan fingerprint density at radius 3 is 3.00 bits per heavy atom. The molecule has 1 aromatic heterocycles. The second kappa shape index (κ2) is 4.90. The van der Waals surface area contributed by atoms with Crippen LogP contribution in [0.3, 0.4) is 0 Å². The Hall–Kier alpha value is -0.670. The van der Waals surface area contributed by atoms with Crippen molar-refractivity contribution in [3.63, 3.8) is 0 Å². The maximum absolute atomic E-state index is 6.10. The Bertz CT molecular complexity index is 355. The molecule has 2 rings (SSSR count). The van der Waals surface area contributed by atoms with Gasteiger partial charge in [0, 0.05) is 24.3 Å². The van der Waals surface area contributed by atoms with E-state index in [1.54, 1.807) is 0 Å². The molecule has 3 nitrogen and oxygen atoms in total. The quantitative estimate of drug-likeness (QED) is 0.583. The smallest absolute Gasteiger partial charge is 0.136 e. The maximum Gasteiger partial charge on any atom is 0.136 e. The second-order valence-electron chi connectivity index (χ2n) is 3.66. The van der Waals surface area contributed by atoms with Gasteiger partial charge in [-0.05, 0) is 26.2 Å². The number of aromatic nitrogens is 2. The zero-order valence-electron chi connectivity index (χ0n) is 8.92. The van der Waals surface area contributed by atoms with E-state index in [1.165, 1.54) is 0 Å². The molecule has 0 N–H and O–H groups in total. The molecule has 1 heterocycles. The van der Waals surface area contributed by atoms with Crippen molar-refractivity contribution in [1.82, 2.24) is 9.97 Å². The number of rotatable bonds is 4. The van der Waals surface area contributed by atoms with Crippen LogP contribution in [0.4, 0.5) is 0 Å². The first kappa shape index (κ1) is 10.8. The summed E-state index contributed by atoms with van der Waals surface area (Å²) in [6, 6.07) is 0. The molecule has 4 heteroatoms. The van der Waals surface area contributed by atoms with Gasteiger partial charge in [0.05, 0.1) is 6.61 Å². The molecule has 15 heavy (non-hydrogen) atoms. The number of hydrogen-bond acceptors (Lipinski definition) is 3. The van der Waals surface area contributed by atoms with Gasteiger partial charge in [0.2, 0.25) is 0 Å². The third-order valence-electron chi connectivity index (χ3n) is 2.60. The van der Waals surface area contributed by atoms with Crippen LogP contribution >= 0.6 is 11.6 Å². The third kappa shape index (κ3) is 2.47. The predicted molar refractivity (Wildman–Crippen MR) is 59.3 cm³/mol. The van der Waals surface area contributed by atoms with Crippen molar-refractivity contribution in [2.75, 3.05) is 13.2 Å². The van der Waals surface area contributed by atoms with Crippen LogP contribution in [0.5, 0.6) is 0 Å². The van der Waals surface area contributed by atoms with E-state index in [0.717, 1.165) is 49.4 Å². The third-order valence-corrected chi connectivity index (χ3v) is 2.92. The molecular formula is C11H15ClN2O. The average Bonchev–Trinajstić information content (AvgIpc) is 2.66. The highest BCUT2D eigenvalue weighted by molar-refractivity contribution is 6.30. The monoisotopic (exact) mass is 226 g/mol. The molecule has 0 aromatic carbocycles. The number of nitrogens with zero attached hydrogens (tertiary/aromatic N) is 2. The minimum Gasteiger partial charge on any atom is -0.381 e. The molecule has 0 spiro atoms. The zero-order valence-corrected chi connectivity index (χ0v) is 9.68. The van der Waals surface area contributed by atoms with Crippen LogP contribution < -0.4 is 0 Å². The van der Waals surface area contributed by atoms with Crippen molar-refractivity contribution in [2.45, 2.75) is 32.6 Å². The molecule has 0 saturated heterocycles. The molecule has 0 atom stereocenters. The fourth-order valence-electron chi connectivity index (χ4n) is 1.85. The largest absolute Gasteiger partial charge is 0.381 e. The maximum atomic E-state index is 6.10. The molecule has 82 valence electrons. The molecular weight excluding hydrogens is 212 g/mol. The van der Waals surface area contributed by atoms with E-state index < -0.39 is 0 Å². The van der Waals surface area contributed by atoms with E-state index in [1.807, 2.05) is 6.92 Å². The first-order valence-corrected chi connectivity index (χ1v) is 5.81. The number of hydrogen-bond donors (Lipinski definition) is 0. The van der Waals surface area contributed by atoms with Gasteiger partial charge in [-0.1, -0.05) is 11.6 Å². The summed E-state index contributed by atoms with van der Waals surface area (Å²) in [5.41, 5.74) is 2.29. The van der Waals surface area contributed by atoms with Gasteiger partial charge in [-0.25, -0.2) is 9.97 Å². The van der Waals surface area contributed by atoms with Gasteiger partial charge in [0.25, 0.3) is 0 Å². The van der Waals surface area contributed by atoms with E-state index in [-0.39, 0.29) is 0 Å². The molecule has 1 aliphatic carbocycles. The van der Waals surface area contributed by atoms with Gasteiger partial charge in [-0.2, -0.15) is 0 Å². The first-order valence-electron chi connectivity index (χ1n) is 5.43. The SMILES string of the molecule is CCOCCc1nc(Cl)c2c(n1)CCC2. The van der Waals surface area contributed by atoms with E-state index in [9.17, 15) is 0 Å². The summed E-state index contributed by atoms with van der Waals surface area (Å²) in [6.45, 7) is 3.39. The van der Waals surface area contributed by atoms with Crippen LogP contribution in [0, 0.1) is 0 Å². The lowest BCUT2D eigenvalue weighted by molar-refractivity contribution is 0.149. The molecule has 0 aliphatic heterocycles. The Balaban J connectivity index is 2.09. The van der Waals surface area contributed by atoms with E-state index >= 15 is 0 Å². The van der Waals surface area contributed by atoms with Crippen molar-refractivity contribution in [1.29, 1.82) is 0 Å². The lowest BCUT2D eigenvalue weighted by Gasteiger charge is -2.05. The van der Waals surface area contributed by atoms with Crippen LogP contribution in [0.1, 0.15) is 30.4 Å². The summed E-state index contributed by atoms with van der Waals surface area (Å²) in [5.74, 6) is 0.814. The Labute approximate surface area is 94.8 Å². The summed E-state index contributed by atoms with van der Waals surface area (Å²) in [7, 11) is 0. The molecule has 0 saturated carbocycles. The molecule has 0 bridgehead atoms. The van der Waals surface area contributed by atoms with E-state index in [0.29, 0.717) is 11.8 Å². The molecule has 1 aromatic rings. The summed E-state index contributed by atoms with van der Waals surface area (Å²) >= 11 is 6.10. The van der Waals surface area contributed by atoms with Gasteiger partial charge >= 0.3 is 0 Å². The molecule has 1 aliphatic rings. The highest BCUT2D eigenvalue weighted by atomic mass is 35.5. The molecule has 0 amide bonds. The fourth-order valence-corrected chi connectivity index (χ4v) is 2.16. The number of fused-ring (bicyclic) bond motifs is 1. The van der Waals surface area contributed by atoms with E-state index in [4.69, 9.17) is 16.3 Å². The topological polar surface area (TPSA) is 35.0 Å². The Morgan fingerprint density at radius 2 is 2.20 bits per heavy atom. The predicted octanol–water partition coefficient (Wildman–Crippen LogP) is 2.20. The van der Waals surface area contributed by atoms with Crippen molar-refractivity contribution in [2.24, 2.45) is 0 Å². The highest BCUT2D eigenvalue weighted by Crippen LogP contribution is 2.25. The van der Waals surface area contributed by atoms with Crippen LogP contribution in [0.15, 0.2) is 0 Å². The van der Waals surface area contributed by atoms with Crippen LogP contribution in [0.25, 0.3) is 0 Å². The van der Waals surface area contributed by atoms with Gasteiger partial charge in [-0.15, -0.1) is 0 Å². The number of halogens is 1. The minimum absolute atomic E-state index is 0.643. The minimum atomic E-state index is 0.643. The van der Waals surface area contributed by atoms with Gasteiger partial charge < -0.3 is 4.74 Å². The van der Waals surface area contributed by atoms with Crippen LogP contribution in [-0.4, -0.2) is 23.2 Å². The van der Waals surface area contributed by atoms with Gasteiger partial charge in [0.15, 0.2) is 0 Å². The van der Waals surface area contributed by atoms with Gasteiger partial charge in [0.1, 0.15) is 11.0 Å². The lowest BCUT2D eigenvalue weighted by Crippen LogP contribution is -2.05. The van der Waals surface area contributed by atoms with Crippen molar-refractivity contribution < 1.29 is 4.74 Å². The summed E-state index contributed by atoms with van der Waals surface area (Å²) < 4.78 is 5.27. The molecule has 0 unspecified atom stereocenters. The lowest BCUT2D eigenvalue weighted by atomic mass is 10.2. The summed E-state index contributed by atoms with van der Waals surface area (Å²) in [4.78, 5) is 8.80.